The minimum atomic E-state index is -0.990. The highest BCUT2D eigenvalue weighted by Crippen LogP contribution is 2.38. The summed E-state index contributed by atoms with van der Waals surface area (Å²) < 4.78 is 0.818. The van der Waals surface area contributed by atoms with Gasteiger partial charge in [0.25, 0.3) is 5.56 Å². The third-order valence-corrected chi connectivity index (χ3v) is 5.61. The average Bonchev–Trinajstić information content (AvgIpc) is 2.67. The number of carbonyl (C=O) groups excluding carboxylic acids is 1. The first kappa shape index (κ1) is 17.7. The molecule has 2 N–H and O–H groups in total. The van der Waals surface area contributed by atoms with Crippen molar-refractivity contribution < 1.29 is 4.79 Å². The lowest BCUT2D eigenvalue weighted by atomic mass is 9.79. The van der Waals surface area contributed by atoms with E-state index >= 15 is 0 Å². The number of carbonyl (C=O) groups is 1. The number of aromatic amines is 1. The van der Waals surface area contributed by atoms with Gasteiger partial charge in [0.05, 0.1) is 11.6 Å². The number of piperidine rings is 1. The van der Waals surface area contributed by atoms with Crippen LogP contribution >= 0.6 is 15.9 Å². The van der Waals surface area contributed by atoms with Gasteiger partial charge in [0.15, 0.2) is 0 Å². The number of fused-ring (bicyclic) bond motifs is 1. The van der Waals surface area contributed by atoms with Crippen molar-refractivity contribution in [2.24, 2.45) is 5.92 Å². The third-order valence-electron chi connectivity index (χ3n) is 5.11. The minimum absolute atomic E-state index is 0.251. The lowest BCUT2D eigenvalue weighted by Gasteiger charge is -2.31. The Bertz CT molecular complexity index is 990. The Hall–Kier alpha value is -2.66. The lowest BCUT2D eigenvalue weighted by Crippen LogP contribution is -2.40. The van der Waals surface area contributed by atoms with E-state index in [0.29, 0.717) is 11.5 Å². The van der Waals surface area contributed by atoms with E-state index in [1.54, 1.807) is 0 Å². The van der Waals surface area contributed by atoms with Crippen molar-refractivity contribution in [3.8, 4) is 6.07 Å². The van der Waals surface area contributed by atoms with E-state index in [4.69, 9.17) is 0 Å². The van der Waals surface area contributed by atoms with Crippen LogP contribution < -0.4 is 15.8 Å². The topological polar surface area (TPSA) is 102 Å². The zero-order valence-electron chi connectivity index (χ0n) is 14.5. The number of hydrogen-bond acceptors (Lipinski definition) is 5. The SMILES string of the molecule is N#CC1C(=O)Nc2nc(N3CCCCC3)[nH]c(=O)c2C1c1cccc(Br)c1. The van der Waals surface area contributed by atoms with Crippen molar-refractivity contribution >= 4 is 33.6 Å². The summed E-state index contributed by atoms with van der Waals surface area (Å²) in [5, 5.41) is 12.2. The Morgan fingerprint density at radius 1 is 1.22 bits per heavy atom. The third kappa shape index (κ3) is 3.23. The summed E-state index contributed by atoms with van der Waals surface area (Å²) in [6.45, 7) is 1.65. The fraction of sp³-hybridized carbons (Fsp3) is 0.368. The van der Waals surface area contributed by atoms with Crippen LogP contribution in [0, 0.1) is 17.2 Å². The van der Waals surface area contributed by atoms with Crippen LogP contribution in [0.3, 0.4) is 0 Å². The maximum Gasteiger partial charge on any atom is 0.258 e. The molecule has 2 unspecified atom stereocenters. The van der Waals surface area contributed by atoms with Crippen LogP contribution in [-0.4, -0.2) is 29.0 Å². The van der Waals surface area contributed by atoms with Crippen molar-refractivity contribution in [1.29, 1.82) is 5.26 Å². The molecule has 1 aromatic carbocycles. The van der Waals surface area contributed by atoms with E-state index in [0.717, 1.165) is 42.4 Å². The number of hydrogen-bond donors (Lipinski definition) is 2. The molecule has 0 saturated carbocycles. The molecule has 1 amide bonds. The molecule has 2 aliphatic rings. The second-order valence-electron chi connectivity index (χ2n) is 6.83. The number of amides is 1. The molecule has 3 heterocycles. The van der Waals surface area contributed by atoms with Crippen LogP contribution in [0.15, 0.2) is 33.5 Å². The molecule has 8 heteroatoms. The molecule has 27 heavy (non-hydrogen) atoms. The van der Waals surface area contributed by atoms with E-state index in [9.17, 15) is 14.9 Å². The molecule has 0 spiro atoms. The standard InChI is InChI=1S/C19H18BrN5O2/c20-12-6-4-5-11(9-12)14-13(10-21)17(26)22-16-15(14)18(27)24-19(23-16)25-7-2-1-3-8-25/h4-6,9,13-14H,1-3,7-8H2,(H2,22,23,24,26,27). The number of anilines is 2. The van der Waals surface area contributed by atoms with Gasteiger partial charge in [0.2, 0.25) is 11.9 Å². The summed E-state index contributed by atoms with van der Waals surface area (Å²) in [6, 6.07) is 9.38. The molecular weight excluding hydrogens is 410 g/mol. The van der Waals surface area contributed by atoms with Gasteiger partial charge in [-0.25, -0.2) is 0 Å². The highest BCUT2D eigenvalue weighted by atomic mass is 79.9. The number of nitrogens with zero attached hydrogens (tertiary/aromatic N) is 3. The summed E-state index contributed by atoms with van der Waals surface area (Å²) >= 11 is 3.42. The highest BCUT2D eigenvalue weighted by molar-refractivity contribution is 9.10. The van der Waals surface area contributed by atoms with Crippen LogP contribution in [-0.2, 0) is 4.79 Å². The highest BCUT2D eigenvalue weighted by Gasteiger charge is 2.40. The molecule has 4 rings (SSSR count). The van der Waals surface area contributed by atoms with Crippen molar-refractivity contribution in [2.45, 2.75) is 25.2 Å². The van der Waals surface area contributed by atoms with Gasteiger partial charge in [-0.1, -0.05) is 28.1 Å². The molecular formula is C19H18BrN5O2. The van der Waals surface area contributed by atoms with Gasteiger partial charge >= 0.3 is 0 Å². The van der Waals surface area contributed by atoms with E-state index in [-0.39, 0.29) is 11.4 Å². The zero-order chi connectivity index (χ0) is 19.0. The largest absolute Gasteiger partial charge is 0.342 e. The van der Waals surface area contributed by atoms with Gasteiger partial charge < -0.3 is 10.2 Å². The summed E-state index contributed by atoms with van der Waals surface area (Å²) in [7, 11) is 0. The van der Waals surface area contributed by atoms with E-state index in [1.807, 2.05) is 35.2 Å². The molecule has 2 aromatic rings. The van der Waals surface area contributed by atoms with Crippen molar-refractivity contribution in [1.82, 2.24) is 9.97 Å². The summed E-state index contributed by atoms with van der Waals surface area (Å²) in [6.07, 6.45) is 3.26. The van der Waals surface area contributed by atoms with Crippen molar-refractivity contribution in [3.63, 3.8) is 0 Å². The van der Waals surface area contributed by atoms with Crippen molar-refractivity contribution in [2.75, 3.05) is 23.3 Å². The fourth-order valence-corrected chi connectivity index (χ4v) is 4.23. The van der Waals surface area contributed by atoms with Gasteiger partial charge in [-0.2, -0.15) is 10.2 Å². The Morgan fingerprint density at radius 2 is 2.00 bits per heavy atom. The minimum Gasteiger partial charge on any atom is -0.342 e. The molecule has 138 valence electrons. The van der Waals surface area contributed by atoms with E-state index in [1.165, 1.54) is 0 Å². The number of nitrogens with one attached hydrogen (secondary N) is 2. The normalized spacial score (nSPS) is 21.9. The van der Waals surface area contributed by atoms with Crippen LogP contribution in [0.4, 0.5) is 11.8 Å². The average molecular weight is 428 g/mol. The molecule has 1 fully saturated rings. The lowest BCUT2D eigenvalue weighted by molar-refractivity contribution is -0.119. The van der Waals surface area contributed by atoms with Crippen LogP contribution in [0.2, 0.25) is 0 Å². The molecule has 0 aliphatic carbocycles. The molecule has 0 radical (unpaired) electrons. The molecule has 1 saturated heterocycles. The van der Waals surface area contributed by atoms with Gasteiger partial charge in [0.1, 0.15) is 11.7 Å². The molecule has 7 nitrogen and oxygen atoms in total. The first-order chi connectivity index (χ1) is 13.1. The summed E-state index contributed by atoms with van der Waals surface area (Å²) in [5.74, 6) is -1.36. The Morgan fingerprint density at radius 3 is 2.70 bits per heavy atom. The van der Waals surface area contributed by atoms with E-state index < -0.39 is 17.7 Å². The molecule has 0 bridgehead atoms. The van der Waals surface area contributed by atoms with E-state index in [2.05, 4.69) is 31.2 Å². The van der Waals surface area contributed by atoms with Gasteiger partial charge in [0, 0.05) is 23.5 Å². The van der Waals surface area contributed by atoms with Crippen LogP contribution in [0.25, 0.3) is 0 Å². The first-order valence-corrected chi connectivity index (χ1v) is 9.73. The number of benzene rings is 1. The Kier molecular flexibility index (Phi) is 4.70. The second-order valence-corrected chi connectivity index (χ2v) is 7.74. The zero-order valence-corrected chi connectivity index (χ0v) is 16.1. The number of rotatable bonds is 2. The molecule has 2 aliphatic heterocycles. The first-order valence-electron chi connectivity index (χ1n) is 8.93. The number of halogens is 1. The smallest absolute Gasteiger partial charge is 0.258 e. The van der Waals surface area contributed by atoms with Gasteiger partial charge in [-0.15, -0.1) is 0 Å². The van der Waals surface area contributed by atoms with Crippen molar-refractivity contribution in [3.05, 3.63) is 50.2 Å². The monoisotopic (exact) mass is 427 g/mol. The number of aromatic nitrogens is 2. The summed E-state index contributed by atoms with van der Waals surface area (Å²) in [5.41, 5.74) is 0.746. The maximum atomic E-state index is 13.0. The molecule has 1 aromatic heterocycles. The predicted octanol–water partition coefficient (Wildman–Crippen LogP) is 2.75. The fourth-order valence-electron chi connectivity index (χ4n) is 3.81. The Labute approximate surface area is 164 Å². The quantitative estimate of drug-likeness (QED) is 0.766. The molecule has 2 atom stereocenters. The van der Waals surface area contributed by atoms with Crippen LogP contribution in [0.5, 0.6) is 0 Å². The predicted molar refractivity (Wildman–Crippen MR) is 105 cm³/mol. The number of nitriles is 1. The Balaban J connectivity index is 1.85. The van der Waals surface area contributed by atoms with Gasteiger partial charge in [-0.3, -0.25) is 14.6 Å². The second kappa shape index (κ2) is 7.16. The summed E-state index contributed by atoms with van der Waals surface area (Å²) in [4.78, 5) is 34.9. The van der Waals surface area contributed by atoms with Gasteiger partial charge in [-0.05, 0) is 37.0 Å². The maximum absolute atomic E-state index is 13.0. The van der Waals surface area contributed by atoms with Crippen LogP contribution in [0.1, 0.15) is 36.3 Å². The number of H-pyrrole nitrogens is 1.